The molecule has 4 nitrogen and oxygen atoms in total. The van der Waals surface area contributed by atoms with Gasteiger partial charge in [0, 0.05) is 37.3 Å². The van der Waals surface area contributed by atoms with Crippen LogP contribution in [0.1, 0.15) is 11.1 Å². The summed E-state index contributed by atoms with van der Waals surface area (Å²) in [4.78, 5) is 8.62. The number of aliphatic imine (C=N–C) groups is 1. The van der Waals surface area contributed by atoms with Crippen LogP contribution >= 0.6 is 24.0 Å². The van der Waals surface area contributed by atoms with Gasteiger partial charge in [-0.15, -0.1) is 24.0 Å². The van der Waals surface area contributed by atoms with Gasteiger partial charge >= 0.3 is 0 Å². The summed E-state index contributed by atoms with van der Waals surface area (Å²) in [6, 6.07) is 16.8. The van der Waals surface area contributed by atoms with Crippen molar-refractivity contribution in [3.8, 4) is 0 Å². The van der Waals surface area contributed by atoms with E-state index in [1.807, 2.05) is 36.4 Å². The second kappa shape index (κ2) is 9.31. The number of halogens is 2. The van der Waals surface area contributed by atoms with Gasteiger partial charge in [0.2, 0.25) is 0 Å². The van der Waals surface area contributed by atoms with E-state index in [4.69, 9.17) is 0 Å². The van der Waals surface area contributed by atoms with Gasteiger partial charge in [0.05, 0.1) is 5.52 Å². The van der Waals surface area contributed by atoms with Crippen LogP contribution in [0.4, 0.5) is 4.39 Å². The van der Waals surface area contributed by atoms with Gasteiger partial charge in [0.1, 0.15) is 5.82 Å². The van der Waals surface area contributed by atoms with E-state index in [0.717, 1.165) is 16.5 Å². The average Bonchev–Trinajstić information content (AvgIpc) is 2.63. The Morgan fingerprint density at radius 2 is 1.64 bits per heavy atom. The highest BCUT2D eigenvalue weighted by Gasteiger charge is 2.05. The number of nitrogens with one attached hydrogen (secondary N) is 2. The minimum absolute atomic E-state index is 0. The number of pyridine rings is 1. The fraction of sp³-hybridized carbons (Fsp3) is 0.158. The van der Waals surface area contributed by atoms with E-state index in [9.17, 15) is 4.39 Å². The maximum Gasteiger partial charge on any atom is 0.191 e. The van der Waals surface area contributed by atoms with Crippen LogP contribution in [0.25, 0.3) is 10.9 Å². The van der Waals surface area contributed by atoms with Crippen LogP contribution in [-0.2, 0) is 13.1 Å². The molecule has 130 valence electrons. The van der Waals surface area contributed by atoms with E-state index in [1.54, 1.807) is 25.4 Å². The van der Waals surface area contributed by atoms with Crippen LogP contribution in [-0.4, -0.2) is 18.0 Å². The van der Waals surface area contributed by atoms with Crippen molar-refractivity contribution in [3.63, 3.8) is 0 Å². The average molecular weight is 450 g/mol. The molecule has 2 N–H and O–H groups in total. The van der Waals surface area contributed by atoms with Gasteiger partial charge in [-0.1, -0.05) is 42.5 Å². The quantitative estimate of drug-likeness (QED) is 0.361. The van der Waals surface area contributed by atoms with Gasteiger partial charge in [0.25, 0.3) is 0 Å². The molecule has 0 radical (unpaired) electrons. The van der Waals surface area contributed by atoms with Crippen LogP contribution < -0.4 is 10.6 Å². The highest BCUT2D eigenvalue weighted by Crippen LogP contribution is 2.15. The van der Waals surface area contributed by atoms with Gasteiger partial charge in [-0.05, 0) is 17.7 Å². The summed E-state index contributed by atoms with van der Waals surface area (Å²) >= 11 is 0. The third-order valence-corrected chi connectivity index (χ3v) is 3.79. The third-order valence-electron chi connectivity index (χ3n) is 3.79. The number of aromatic nitrogens is 1. The first-order valence-corrected chi connectivity index (χ1v) is 7.78. The first-order valence-electron chi connectivity index (χ1n) is 7.78. The fourth-order valence-electron chi connectivity index (χ4n) is 2.53. The summed E-state index contributed by atoms with van der Waals surface area (Å²) < 4.78 is 13.7. The number of guanidine groups is 1. The van der Waals surface area contributed by atoms with E-state index in [-0.39, 0.29) is 29.8 Å². The van der Waals surface area contributed by atoms with Gasteiger partial charge < -0.3 is 10.6 Å². The van der Waals surface area contributed by atoms with Crippen molar-refractivity contribution in [2.24, 2.45) is 4.99 Å². The molecule has 0 aliphatic carbocycles. The molecule has 25 heavy (non-hydrogen) atoms. The Balaban J connectivity index is 0.00000225. The molecule has 3 aromatic rings. The molecule has 2 aromatic carbocycles. The normalized spacial score (nSPS) is 11.0. The SMILES string of the molecule is CN=C(NCc1ccccc1F)NCc1cccc2cccnc12.I. The van der Waals surface area contributed by atoms with Gasteiger partial charge in [-0.2, -0.15) is 0 Å². The van der Waals surface area contributed by atoms with Crippen molar-refractivity contribution in [1.29, 1.82) is 0 Å². The maximum atomic E-state index is 13.7. The Bertz CT molecular complexity index is 861. The van der Waals surface area contributed by atoms with Gasteiger partial charge in [-0.25, -0.2) is 4.39 Å². The molecule has 0 aliphatic heterocycles. The van der Waals surface area contributed by atoms with E-state index in [1.165, 1.54) is 6.07 Å². The number of rotatable bonds is 4. The first kappa shape index (κ1) is 19.1. The second-order valence-corrected chi connectivity index (χ2v) is 5.36. The standard InChI is InChI=1S/C19H19FN4.HI/c1-21-19(23-12-15-6-2-3-10-17(15)20)24-13-16-8-4-7-14-9-5-11-22-18(14)16;/h2-11H,12-13H2,1H3,(H2,21,23,24);1H. The van der Waals surface area contributed by atoms with Crippen LogP contribution in [0.5, 0.6) is 0 Å². The van der Waals surface area contributed by atoms with E-state index in [0.29, 0.717) is 24.6 Å². The Morgan fingerprint density at radius 3 is 2.40 bits per heavy atom. The molecule has 0 spiro atoms. The fourth-order valence-corrected chi connectivity index (χ4v) is 2.53. The van der Waals surface area contributed by atoms with Crippen LogP contribution in [0.3, 0.4) is 0 Å². The van der Waals surface area contributed by atoms with Crippen LogP contribution in [0, 0.1) is 5.82 Å². The minimum Gasteiger partial charge on any atom is -0.352 e. The molecule has 0 unspecified atom stereocenters. The van der Waals surface area contributed by atoms with Crippen molar-refractivity contribution in [1.82, 2.24) is 15.6 Å². The topological polar surface area (TPSA) is 49.3 Å². The van der Waals surface area contributed by atoms with Crippen molar-refractivity contribution in [3.05, 3.63) is 77.7 Å². The molecule has 0 atom stereocenters. The molecular weight excluding hydrogens is 430 g/mol. The molecule has 1 heterocycles. The largest absolute Gasteiger partial charge is 0.352 e. The van der Waals surface area contributed by atoms with Gasteiger partial charge in [0.15, 0.2) is 5.96 Å². The Kier molecular flexibility index (Phi) is 7.12. The predicted molar refractivity (Wildman–Crippen MR) is 111 cm³/mol. The summed E-state index contributed by atoms with van der Waals surface area (Å²) in [6.07, 6.45) is 1.79. The number of fused-ring (bicyclic) bond motifs is 1. The summed E-state index contributed by atoms with van der Waals surface area (Å²) in [6.45, 7) is 0.964. The number of nitrogens with zero attached hydrogens (tertiary/aromatic N) is 2. The zero-order chi connectivity index (χ0) is 16.8. The van der Waals surface area contributed by atoms with Crippen molar-refractivity contribution >= 4 is 40.8 Å². The lowest BCUT2D eigenvalue weighted by Crippen LogP contribution is -2.36. The van der Waals surface area contributed by atoms with Crippen LogP contribution in [0.2, 0.25) is 0 Å². The summed E-state index contributed by atoms with van der Waals surface area (Å²) in [5.41, 5.74) is 2.66. The monoisotopic (exact) mass is 450 g/mol. The highest BCUT2D eigenvalue weighted by molar-refractivity contribution is 14.0. The second-order valence-electron chi connectivity index (χ2n) is 5.36. The summed E-state index contributed by atoms with van der Waals surface area (Å²) in [5, 5.41) is 7.47. The Hall–Kier alpha value is -2.22. The lowest BCUT2D eigenvalue weighted by molar-refractivity contribution is 0.604. The van der Waals surface area contributed by atoms with Crippen molar-refractivity contribution in [2.45, 2.75) is 13.1 Å². The summed E-state index contributed by atoms with van der Waals surface area (Å²) in [5.74, 6) is 0.393. The first-order chi connectivity index (χ1) is 11.8. The Morgan fingerprint density at radius 1 is 0.960 bits per heavy atom. The van der Waals surface area contributed by atoms with Gasteiger partial charge in [-0.3, -0.25) is 9.98 Å². The molecular formula is C19H20FIN4. The number of hydrogen-bond acceptors (Lipinski definition) is 2. The minimum atomic E-state index is -0.223. The molecule has 1 aromatic heterocycles. The molecule has 6 heteroatoms. The zero-order valence-corrected chi connectivity index (χ0v) is 16.2. The number of para-hydroxylation sites is 1. The third kappa shape index (κ3) is 4.88. The number of benzene rings is 2. The lowest BCUT2D eigenvalue weighted by Gasteiger charge is -2.13. The molecule has 0 fully saturated rings. The van der Waals surface area contributed by atoms with E-state index >= 15 is 0 Å². The molecule has 0 bridgehead atoms. The highest BCUT2D eigenvalue weighted by atomic mass is 127. The molecule has 0 amide bonds. The lowest BCUT2D eigenvalue weighted by atomic mass is 10.1. The van der Waals surface area contributed by atoms with Crippen molar-refractivity contribution in [2.75, 3.05) is 7.05 Å². The smallest absolute Gasteiger partial charge is 0.191 e. The number of hydrogen-bond donors (Lipinski definition) is 2. The summed E-state index contributed by atoms with van der Waals surface area (Å²) in [7, 11) is 1.69. The molecule has 0 aliphatic rings. The zero-order valence-electron chi connectivity index (χ0n) is 13.9. The van der Waals surface area contributed by atoms with E-state index < -0.39 is 0 Å². The van der Waals surface area contributed by atoms with Crippen LogP contribution in [0.15, 0.2) is 65.8 Å². The molecule has 3 rings (SSSR count). The molecule has 0 saturated carbocycles. The predicted octanol–water partition coefficient (Wildman–Crippen LogP) is 3.86. The Labute approximate surface area is 163 Å². The molecule has 0 saturated heterocycles. The maximum absolute atomic E-state index is 13.7. The van der Waals surface area contributed by atoms with Crippen molar-refractivity contribution < 1.29 is 4.39 Å². The van der Waals surface area contributed by atoms with E-state index in [2.05, 4.69) is 20.6 Å².